The van der Waals surface area contributed by atoms with Gasteiger partial charge in [0, 0.05) is 5.92 Å². The van der Waals surface area contributed by atoms with E-state index in [2.05, 4.69) is 0 Å². The number of ether oxygens (including phenoxy) is 1. The van der Waals surface area contributed by atoms with Crippen molar-refractivity contribution in [3.05, 3.63) is 35.9 Å². The Balaban J connectivity index is 2.22. The number of aliphatic hydroxyl groups excluding tert-OH is 2. The maximum Gasteiger partial charge on any atom is 0.0818 e. The van der Waals surface area contributed by atoms with Gasteiger partial charge in [0.05, 0.1) is 25.9 Å². The van der Waals surface area contributed by atoms with Crippen LogP contribution in [0.4, 0.5) is 0 Å². The molecule has 15 heavy (non-hydrogen) atoms. The van der Waals surface area contributed by atoms with Crippen molar-refractivity contribution >= 4 is 0 Å². The van der Waals surface area contributed by atoms with Gasteiger partial charge in [-0.25, -0.2) is 0 Å². The van der Waals surface area contributed by atoms with Crippen LogP contribution in [0.25, 0.3) is 0 Å². The SMILES string of the molecule is C[C@@H](COCc1ccccc1)[C@H](O)CO. The summed E-state index contributed by atoms with van der Waals surface area (Å²) in [6.07, 6.45) is -0.694. The highest BCUT2D eigenvalue weighted by atomic mass is 16.5. The van der Waals surface area contributed by atoms with E-state index in [9.17, 15) is 5.11 Å². The van der Waals surface area contributed by atoms with E-state index in [1.165, 1.54) is 0 Å². The van der Waals surface area contributed by atoms with E-state index in [0.29, 0.717) is 13.2 Å². The molecule has 0 amide bonds. The van der Waals surface area contributed by atoms with Crippen LogP contribution in [-0.4, -0.2) is 29.5 Å². The zero-order chi connectivity index (χ0) is 11.1. The Morgan fingerprint density at radius 3 is 2.53 bits per heavy atom. The maximum atomic E-state index is 9.29. The van der Waals surface area contributed by atoms with Crippen molar-refractivity contribution < 1.29 is 14.9 Å². The summed E-state index contributed by atoms with van der Waals surface area (Å²) in [6.45, 7) is 2.64. The summed E-state index contributed by atoms with van der Waals surface area (Å²) in [7, 11) is 0. The van der Waals surface area contributed by atoms with E-state index < -0.39 is 6.10 Å². The third kappa shape index (κ3) is 4.42. The minimum absolute atomic E-state index is 0.0429. The van der Waals surface area contributed by atoms with Crippen molar-refractivity contribution in [2.45, 2.75) is 19.6 Å². The van der Waals surface area contributed by atoms with E-state index >= 15 is 0 Å². The monoisotopic (exact) mass is 210 g/mol. The van der Waals surface area contributed by atoms with E-state index in [0.717, 1.165) is 5.56 Å². The highest BCUT2D eigenvalue weighted by molar-refractivity contribution is 5.13. The number of aliphatic hydroxyl groups is 2. The molecule has 0 fully saturated rings. The first-order valence-corrected chi connectivity index (χ1v) is 5.14. The Bertz CT molecular complexity index is 261. The third-order valence-corrected chi connectivity index (χ3v) is 2.34. The fraction of sp³-hybridized carbons (Fsp3) is 0.500. The van der Waals surface area contributed by atoms with E-state index in [1.54, 1.807) is 0 Å². The smallest absolute Gasteiger partial charge is 0.0818 e. The molecule has 0 spiro atoms. The molecule has 1 aromatic carbocycles. The van der Waals surface area contributed by atoms with Crippen LogP contribution in [0.3, 0.4) is 0 Å². The molecule has 3 heteroatoms. The molecule has 0 aliphatic heterocycles. The molecular formula is C12H18O3. The molecule has 0 saturated carbocycles. The van der Waals surface area contributed by atoms with Crippen LogP contribution in [0, 0.1) is 5.92 Å². The van der Waals surface area contributed by atoms with Gasteiger partial charge in [0.1, 0.15) is 0 Å². The quantitative estimate of drug-likeness (QED) is 0.741. The van der Waals surface area contributed by atoms with Crippen LogP contribution in [0.1, 0.15) is 12.5 Å². The van der Waals surface area contributed by atoms with Crippen molar-refractivity contribution in [3.63, 3.8) is 0 Å². The molecule has 0 aliphatic carbocycles. The van der Waals surface area contributed by atoms with Crippen LogP contribution in [-0.2, 0) is 11.3 Å². The van der Waals surface area contributed by atoms with Gasteiger partial charge in [0.2, 0.25) is 0 Å². The summed E-state index contributed by atoms with van der Waals surface area (Å²) in [5.74, 6) is -0.0429. The summed E-state index contributed by atoms with van der Waals surface area (Å²) in [4.78, 5) is 0. The Morgan fingerprint density at radius 2 is 1.93 bits per heavy atom. The topological polar surface area (TPSA) is 49.7 Å². The van der Waals surface area contributed by atoms with Gasteiger partial charge >= 0.3 is 0 Å². The average molecular weight is 210 g/mol. The van der Waals surface area contributed by atoms with E-state index in [-0.39, 0.29) is 12.5 Å². The van der Waals surface area contributed by atoms with Crippen molar-refractivity contribution in [1.29, 1.82) is 0 Å². The Morgan fingerprint density at radius 1 is 1.27 bits per heavy atom. The van der Waals surface area contributed by atoms with Crippen molar-refractivity contribution in [2.75, 3.05) is 13.2 Å². The normalized spacial score (nSPS) is 14.9. The number of hydrogen-bond donors (Lipinski definition) is 2. The Hall–Kier alpha value is -0.900. The predicted octanol–water partition coefficient (Wildman–Crippen LogP) is 1.19. The van der Waals surface area contributed by atoms with Gasteiger partial charge in [-0.3, -0.25) is 0 Å². The van der Waals surface area contributed by atoms with Crippen molar-refractivity contribution in [1.82, 2.24) is 0 Å². The summed E-state index contributed by atoms with van der Waals surface area (Å²) < 4.78 is 5.43. The minimum atomic E-state index is -0.694. The maximum absolute atomic E-state index is 9.29. The number of rotatable bonds is 6. The zero-order valence-corrected chi connectivity index (χ0v) is 8.97. The van der Waals surface area contributed by atoms with Crippen LogP contribution < -0.4 is 0 Å². The van der Waals surface area contributed by atoms with Gasteiger partial charge in [-0.1, -0.05) is 37.3 Å². The molecule has 0 aliphatic rings. The molecular weight excluding hydrogens is 192 g/mol. The largest absolute Gasteiger partial charge is 0.394 e. The molecule has 2 atom stereocenters. The van der Waals surface area contributed by atoms with Crippen molar-refractivity contribution in [3.8, 4) is 0 Å². The van der Waals surface area contributed by atoms with Gasteiger partial charge in [-0.05, 0) is 5.56 Å². The molecule has 0 unspecified atom stereocenters. The third-order valence-electron chi connectivity index (χ3n) is 2.34. The van der Waals surface area contributed by atoms with Gasteiger partial charge in [-0.2, -0.15) is 0 Å². The summed E-state index contributed by atoms with van der Waals surface area (Å²) >= 11 is 0. The van der Waals surface area contributed by atoms with Crippen LogP contribution in [0.2, 0.25) is 0 Å². The highest BCUT2D eigenvalue weighted by Crippen LogP contribution is 2.06. The molecule has 0 heterocycles. The first kappa shape index (κ1) is 12.2. The number of benzene rings is 1. The molecule has 2 N–H and O–H groups in total. The molecule has 0 radical (unpaired) electrons. The standard InChI is InChI=1S/C12H18O3/c1-10(12(14)7-13)8-15-9-11-5-3-2-4-6-11/h2-6,10,12-14H,7-9H2,1H3/t10-,12+/m0/s1. The van der Waals surface area contributed by atoms with Gasteiger partial charge in [0.25, 0.3) is 0 Å². The lowest BCUT2D eigenvalue weighted by Crippen LogP contribution is -2.25. The molecule has 3 nitrogen and oxygen atoms in total. The lowest BCUT2D eigenvalue weighted by atomic mass is 10.1. The fourth-order valence-electron chi connectivity index (χ4n) is 1.23. The molecule has 1 aromatic rings. The summed E-state index contributed by atoms with van der Waals surface area (Å²) in [5, 5.41) is 18.0. The molecule has 0 saturated heterocycles. The van der Waals surface area contributed by atoms with Gasteiger partial charge < -0.3 is 14.9 Å². The minimum Gasteiger partial charge on any atom is -0.394 e. The van der Waals surface area contributed by atoms with Crippen LogP contribution >= 0.6 is 0 Å². The van der Waals surface area contributed by atoms with Crippen molar-refractivity contribution in [2.24, 2.45) is 5.92 Å². The van der Waals surface area contributed by atoms with E-state index in [4.69, 9.17) is 9.84 Å². The zero-order valence-electron chi connectivity index (χ0n) is 8.97. The highest BCUT2D eigenvalue weighted by Gasteiger charge is 2.12. The Kier molecular flexibility index (Phi) is 5.32. The summed E-state index contributed by atoms with van der Waals surface area (Å²) in [5.41, 5.74) is 1.11. The summed E-state index contributed by atoms with van der Waals surface area (Å²) in [6, 6.07) is 9.87. The predicted molar refractivity (Wildman–Crippen MR) is 58.4 cm³/mol. The van der Waals surface area contributed by atoms with Crippen LogP contribution in [0.15, 0.2) is 30.3 Å². The second-order valence-corrected chi connectivity index (χ2v) is 3.73. The van der Waals surface area contributed by atoms with Crippen LogP contribution in [0.5, 0.6) is 0 Å². The lowest BCUT2D eigenvalue weighted by molar-refractivity contribution is 0.00179. The second kappa shape index (κ2) is 6.56. The van der Waals surface area contributed by atoms with E-state index in [1.807, 2.05) is 37.3 Å². The first-order valence-electron chi connectivity index (χ1n) is 5.14. The molecule has 0 aromatic heterocycles. The van der Waals surface area contributed by atoms with Gasteiger partial charge in [-0.15, -0.1) is 0 Å². The number of hydrogen-bond acceptors (Lipinski definition) is 3. The molecule has 0 bridgehead atoms. The second-order valence-electron chi connectivity index (χ2n) is 3.73. The average Bonchev–Trinajstić information content (AvgIpc) is 2.29. The van der Waals surface area contributed by atoms with Gasteiger partial charge in [0.15, 0.2) is 0 Å². The lowest BCUT2D eigenvalue weighted by Gasteiger charge is -2.16. The Labute approximate surface area is 90.3 Å². The fourth-order valence-corrected chi connectivity index (χ4v) is 1.23. The first-order chi connectivity index (χ1) is 7.24. The molecule has 1 rings (SSSR count). The molecule has 84 valence electrons.